The molecule has 0 radical (unpaired) electrons. The molecule has 2 N–H and O–H groups in total. The second-order valence-electron chi connectivity index (χ2n) is 14.5. The molecule has 2 aromatic carbocycles. The Morgan fingerprint density at radius 2 is 1.68 bits per heavy atom. The molecule has 1 saturated heterocycles. The number of benzene rings is 2. The van der Waals surface area contributed by atoms with Crippen LogP contribution in [0.4, 0.5) is 5.69 Å². The van der Waals surface area contributed by atoms with Crippen LogP contribution in [0.2, 0.25) is 10.0 Å². The molecule has 2 saturated carbocycles. The molecule has 7 nitrogen and oxygen atoms in total. The molecular formula is C35H45Cl2N5O2. The maximum absolute atomic E-state index is 13.8. The fourth-order valence-corrected chi connectivity index (χ4v) is 7.62. The number of imidazole rings is 1. The van der Waals surface area contributed by atoms with Gasteiger partial charge >= 0.3 is 0 Å². The molecule has 6 rings (SSSR count). The minimum atomic E-state index is -0.493. The van der Waals surface area contributed by atoms with E-state index in [1.54, 1.807) is 0 Å². The van der Waals surface area contributed by atoms with Crippen LogP contribution >= 0.6 is 23.2 Å². The molecule has 3 aliphatic rings. The van der Waals surface area contributed by atoms with Crippen molar-refractivity contribution in [3.63, 3.8) is 0 Å². The van der Waals surface area contributed by atoms with Gasteiger partial charge in [0.15, 0.2) is 0 Å². The average Bonchev–Trinajstić information content (AvgIpc) is 3.44. The molecule has 0 spiro atoms. The molecule has 9 heteroatoms. The predicted molar refractivity (Wildman–Crippen MR) is 179 cm³/mol. The third kappa shape index (κ3) is 6.19. The van der Waals surface area contributed by atoms with Crippen LogP contribution in [0.5, 0.6) is 0 Å². The molecule has 1 aliphatic heterocycles. The van der Waals surface area contributed by atoms with E-state index in [2.05, 4.69) is 33.1 Å². The van der Waals surface area contributed by atoms with Crippen LogP contribution in [-0.2, 0) is 24.8 Å². The number of carbonyl (C=O) groups excluding carboxylic acids is 2. The van der Waals surface area contributed by atoms with Gasteiger partial charge in [-0.1, -0.05) is 57.0 Å². The number of aryl methyl sites for hydroxylation is 1. The Bertz CT molecular complexity index is 1570. The molecule has 2 aliphatic carbocycles. The van der Waals surface area contributed by atoms with Crippen molar-refractivity contribution in [1.29, 1.82) is 0 Å². The summed E-state index contributed by atoms with van der Waals surface area (Å²) in [5.41, 5.74) is 4.59. The van der Waals surface area contributed by atoms with Crippen molar-refractivity contribution < 1.29 is 9.59 Å². The zero-order valence-electron chi connectivity index (χ0n) is 26.6. The van der Waals surface area contributed by atoms with Gasteiger partial charge in [0.25, 0.3) is 5.91 Å². The van der Waals surface area contributed by atoms with Crippen LogP contribution in [-0.4, -0.2) is 40.5 Å². The third-order valence-corrected chi connectivity index (χ3v) is 11.1. The first-order valence-electron chi connectivity index (χ1n) is 16.2. The predicted octanol–water partition coefficient (Wildman–Crippen LogP) is 7.29. The number of carbonyl (C=O) groups is 2. The highest BCUT2D eigenvalue weighted by molar-refractivity contribution is 6.36. The van der Waals surface area contributed by atoms with Gasteiger partial charge in [0, 0.05) is 49.6 Å². The fourth-order valence-electron chi connectivity index (χ4n) is 7.05. The molecule has 2 amide bonds. The Morgan fingerprint density at radius 1 is 1.00 bits per heavy atom. The van der Waals surface area contributed by atoms with E-state index >= 15 is 0 Å². The molecule has 3 aromatic rings. The van der Waals surface area contributed by atoms with E-state index in [-0.39, 0.29) is 17.9 Å². The van der Waals surface area contributed by atoms with Crippen LogP contribution in [0, 0.1) is 23.2 Å². The topological polar surface area (TPSA) is 79.3 Å². The number of halogens is 2. The first kappa shape index (κ1) is 31.2. The van der Waals surface area contributed by atoms with Gasteiger partial charge < -0.3 is 20.1 Å². The Labute approximate surface area is 271 Å². The van der Waals surface area contributed by atoms with E-state index in [1.807, 2.05) is 46.0 Å². The van der Waals surface area contributed by atoms with Crippen molar-refractivity contribution in [2.75, 3.05) is 18.0 Å². The summed E-state index contributed by atoms with van der Waals surface area (Å²) in [5, 5.41) is 7.45. The van der Waals surface area contributed by atoms with Gasteiger partial charge in [0.2, 0.25) is 5.91 Å². The minimum absolute atomic E-state index is 0.00370. The second kappa shape index (κ2) is 12.2. The summed E-state index contributed by atoms with van der Waals surface area (Å²) in [6.07, 6.45) is 7.37. The van der Waals surface area contributed by atoms with Crippen LogP contribution in [0.1, 0.15) is 93.5 Å². The summed E-state index contributed by atoms with van der Waals surface area (Å²) in [5.74, 6) is 2.96. The van der Waals surface area contributed by atoms with Crippen LogP contribution in [0.15, 0.2) is 24.3 Å². The first-order chi connectivity index (χ1) is 20.9. The molecule has 44 heavy (non-hydrogen) atoms. The van der Waals surface area contributed by atoms with Gasteiger partial charge in [0.1, 0.15) is 5.82 Å². The Kier molecular flexibility index (Phi) is 8.66. The number of aromatic nitrogens is 2. The largest absolute Gasteiger partial charge is 0.370 e. The molecular weight excluding hydrogens is 593 g/mol. The lowest BCUT2D eigenvalue weighted by Crippen LogP contribution is -2.38. The number of amides is 2. The maximum atomic E-state index is 13.8. The Hall–Kier alpha value is -2.77. The lowest BCUT2D eigenvalue weighted by atomic mass is 9.77. The molecule has 236 valence electrons. The number of hydrogen-bond acceptors (Lipinski definition) is 4. The number of nitrogens with one attached hydrogen (secondary N) is 2. The number of rotatable bonds is 7. The lowest BCUT2D eigenvalue weighted by molar-refractivity contribution is -0.128. The van der Waals surface area contributed by atoms with E-state index < -0.39 is 5.41 Å². The summed E-state index contributed by atoms with van der Waals surface area (Å²) < 4.78 is 2.09. The lowest BCUT2D eigenvalue weighted by Gasteiger charge is -2.28. The molecule has 2 unspecified atom stereocenters. The van der Waals surface area contributed by atoms with Gasteiger partial charge in [-0.3, -0.25) is 9.59 Å². The SMILES string of the molecule is CC1CCC(NC(=O)c2cc3nc(Cc4c(Cl)ccc(CNC(=O)C(C)(C)C)c4Cl)n(C)c3cc2N2CC3CCC3C2)CC1. The van der Waals surface area contributed by atoms with Gasteiger partial charge in [-0.15, -0.1) is 0 Å². The van der Waals surface area contributed by atoms with Crippen LogP contribution in [0.25, 0.3) is 11.0 Å². The minimum Gasteiger partial charge on any atom is -0.370 e. The number of nitrogens with zero attached hydrogens (tertiary/aromatic N) is 3. The number of fused-ring (bicyclic) bond motifs is 2. The Morgan fingerprint density at radius 3 is 2.32 bits per heavy atom. The molecule has 1 aromatic heterocycles. The quantitative estimate of drug-likeness (QED) is 0.285. The fraction of sp³-hybridized carbons (Fsp3) is 0.571. The summed E-state index contributed by atoms with van der Waals surface area (Å²) in [6, 6.07) is 8.06. The van der Waals surface area contributed by atoms with Crippen molar-refractivity contribution in [3.05, 3.63) is 56.8 Å². The monoisotopic (exact) mass is 637 g/mol. The zero-order valence-corrected chi connectivity index (χ0v) is 28.1. The highest BCUT2D eigenvalue weighted by Crippen LogP contribution is 2.43. The maximum Gasteiger partial charge on any atom is 0.253 e. The number of anilines is 1. The van der Waals surface area contributed by atoms with Crippen LogP contribution < -0.4 is 15.5 Å². The van der Waals surface area contributed by atoms with Crippen molar-refractivity contribution in [1.82, 2.24) is 20.2 Å². The highest BCUT2D eigenvalue weighted by Gasteiger charge is 2.40. The standard InChI is InChI=1S/C35H45Cl2N5O2/c1-20-6-11-24(12-7-20)39-33(43)26-14-28-30(16-29(26)42-18-22-8-9-23(22)19-42)41(5)31(40-28)15-25-27(36)13-10-21(32(25)37)17-38-34(44)35(2,3)4/h10,13-14,16,20,22-24H,6-9,11-12,15,17-19H2,1-5H3,(H,38,44)(H,39,43). The molecule has 2 heterocycles. The smallest absolute Gasteiger partial charge is 0.253 e. The first-order valence-corrected chi connectivity index (χ1v) is 16.9. The van der Waals surface area contributed by atoms with E-state index in [4.69, 9.17) is 28.2 Å². The van der Waals surface area contributed by atoms with E-state index in [0.717, 1.165) is 95.8 Å². The highest BCUT2D eigenvalue weighted by atomic mass is 35.5. The van der Waals surface area contributed by atoms with Gasteiger partial charge in [-0.2, -0.15) is 0 Å². The van der Waals surface area contributed by atoms with Crippen molar-refractivity contribution in [2.24, 2.45) is 30.2 Å². The van der Waals surface area contributed by atoms with E-state index in [1.165, 1.54) is 12.8 Å². The molecule has 0 bridgehead atoms. The second-order valence-corrected chi connectivity index (χ2v) is 15.3. The van der Waals surface area contributed by atoms with E-state index in [9.17, 15) is 9.59 Å². The summed E-state index contributed by atoms with van der Waals surface area (Å²) >= 11 is 13.6. The van der Waals surface area contributed by atoms with Gasteiger partial charge in [-0.25, -0.2) is 4.98 Å². The Balaban J connectivity index is 1.31. The third-order valence-electron chi connectivity index (χ3n) is 10.2. The van der Waals surface area contributed by atoms with Gasteiger partial charge in [0.05, 0.1) is 27.3 Å². The summed E-state index contributed by atoms with van der Waals surface area (Å²) in [7, 11) is 2.01. The van der Waals surface area contributed by atoms with Crippen LogP contribution in [0.3, 0.4) is 0 Å². The summed E-state index contributed by atoms with van der Waals surface area (Å²) in [4.78, 5) is 33.7. The average molecular weight is 639 g/mol. The van der Waals surface area contributed by atoms with E-state index in [0.29, 0.717) is 23.0 Å². The molecule has 2 atom stereocenters. The van der Waals surface area contributed by atoms with Gasteiger partial charge in [-0.05, 0) is 85.6 Å². The van der Waals surface area contributed by atoms with Crippen molar-refractivity contribution >= 4 is 51.7 Å². The van der Waals surface area contributed by atoms with Crippen molar-refractivity contribution in [3.8, 4) is 0 Å². The molecule has 3 fully saturated rings. The summed E-state index contributed by atoms with van der Waals surface area (Å²) in [6.45, 7) is 10.3. The zero-order chi connectivity index (χ0) is 31.3. The van der Waals surface area contributed by atoms with Crippen molar-refractivity contribution in [2.45, 2.75) is 85.2 Å². The number of hydrogen-bond donors (Lipinski definition) is 2. The normalized spacial score (nSPS) is 23.4.